The number of hydroxylamine groups is 2. The Morgan fingerprint density at radius 3 is 2.12 bits per heavy atom. The molecule has 0 rings (SSSR count). The standard InChI is InChI=1S/C21H41NO2/c1-17(2)14-20(4,5)13-11-10-12-18(3)15-21(6,7)16-19(23)22(8)24-9/h10-11,17-18H,12-16H2,1-9H3/b11-10-. The average molecular weight is 340 g/mol. The van der Waals surface area contributed by atoms with Gasteiger partial charge >= 0.3 is 0 Å². The van der Waals surface area contributed by atoms with Crippen molar-refractivity contribution in [3.8, 4) is 0 Å². The number of rotatable bonds is 11. The highest BCUT2D eigenvalue weighted by atomic mass is 16.7. The number of amides is 1. The molecular formula is C21H41NO2. The zero-order valence-electron chi connectivity index (χ0n) is 17.6. The number of hydrogen-bond acceptors (Lipinski definition) is 2. The fourth-order valence-electron chi connectivity index (χ4n) is 3.64. The van der Waals surface area contributed by atoms with Crippen LogP contribution >= 0.6 is 0 Å². The maximum Gasteiger partial charge on any atom is 0.246 e. The molecule has 24 heavy (non-hydrogen) atoms. The normalized spacial score (nSPS) is 14.4. The maximum atomic E-state index is 12.0. The van der Waals surface area contributed by atoms with Crippen molar-refractivity contribution < 1.29 is 9.63 Å². The van der Waals surface area contributed by atoms with E-state index in [4.69, 9.17) is 4.84 Å². The average Bonchev–Trinajstić information content (AvgIpc) is 2.40. The molecule has 0 radical (unpaired) electrons. The highest BCUT2D eigenvalue weighted by Crippen LogP contribution is 2.32. The van der Waals surface area contributed by atoms with Crippen molar-refractivity contribution in [3.05, 3.63) is 12.2 Å². The molecule has 1 atom stereocenters. The van der Waals surface area contributed by atoms with E-state index in [1.165, 1.54) is 18.6 Å². The van der Waals surface area contributed by atoms with Gasteiger partial charge in [0.2, 0.25) is 5.91 Å². The molecule has 0 aliphatic heterocycles. The molecule has 0 saturated heterocycles. The Hall–Kier alpha value is -0.830. The van der Waals surface area contributed by atoms with Gasteiger partial charge in [0.05, 0.1) is 7.11 Å². The fraction of sp³-hybridized carbons (Fsp3) is 0.857. The molecule has 0 aromatic carbocycles. The first-order chi connectivity index (χ1) is 10.9. The molecule has 0 spiro atoms. The number of hydrogen-bond donors (Lipinski definition) is 0. The van der Waals surface area contributed by atoms with Crippen LogP contribution in [0.4, 0.5) is 0 Å². The molecule has 0 aromatic heterocycles. The molecule has 0 saturated carbocycles. The van der Waals surface area contributed by atoms with Crippen molar-refractivity contribution in [1.82, 2.24) is 5.06 Å². The lowest BCUT2D eigenvalue weighted by Crippen LogP contribution is -2.31. The lowest BCUT2D eigenvalue weighted by atomic mass is 9.79. The van der Waals surface area contributed by atoms with Crippen molar-refractivity contribution in [1.29, 1.82) is 0 Å². The van der Waals surface area contributed by atoms with E-state index in [2.05, 4.69) is 60.6 Å². The highest BCUT2D eigenvalue weighted by molar-refractivity contribution is 5.75. The first kappa shape index (κ1) is 23.2. The Labute approximate surface area is 150 Å². The molecule has 3 nitrogen and oxygen atoms in total. The second-order valence-electron chi connectivity index (χ2n) is 9.40. The molecule has 1 amide bonds. The van der Waals surface area contributed by atoms with Gasteiger partial charge in [-0.15, -0.1) is 0 Å². The van der Waals surface area contributed by atoms with E-state index in [-0.39, 0.29) is 11.3 Å². The second-order valence-corrected chi connectivity index (χ2v) is 9.40. The lowest BCUT2D eigenvalue weighted by Gasteiger charge is -2.28. The van der Waals surface area contributed by atoms with Crippen LogP contribution in [0.25, 0.3) is 0 Å². The number of carbonyl (C=O) groups is 1. The van der Waals surface area contributed by atoms with Crippen molar-refractivity contribution in [3.63, 3.8) is 0 Å². The van der Waals surface area contributed by atoms with E-state index in [0.29, 0.717) is 17.8 Å². The first-order valence-electron chi connectivity index (χ1n) is 9.34. The summed E-state index contributed by atoms with van der Waals surface area (Å²) in [6.45, 7) is 15.9. The Bertz CT molecular complexity index is 397. The quantitative estimate of drug-likeness (QED) is 0.349. The van der Waals surface area contributed by atoms with Crippen LogP contribution in [0.2, 0.25) is 0 Å². The molecule has 142 valence electrons. The lowest BCUT2D eigenvalue weighted by molar-refractivity contribution is -0.171. The minimum atomic E-state index is -0.00591. The van der Waals surface area contributed by atoms with Gasteiger partial charge in [-0.25, -0.2) is 5.06 Å². The monoisotopic (exact) mass is 339 g/mol. The SMILES string of the molecule is CON(C)C(=O)CC(C)(C)CC(C)C/C=C\CC(C)(C)CC(C)C. The predicted molar refractivity (Wildman–Crippen MR) is 104 cm³/mol. The van der Waals surface area contributed by atoms with Crippen LogP contribution < -0.4 is 0 Å². The van der Waals surface area contributed by atoms with Gasteiger partial charge < -0.3 is 0 Å². The minimum absolute atomic E-state index is 0.00591. The third-order valence-corrected chi connectivity index (χ3v) is 4.49. The van der Waals surface area contributed by atoms with Crippen LogP contribution in [0.15, 0.2) is 12.2 Å². The third-order valence-electron chi connectivity index (χ3n) is 4.49. The van der Waals surface area contributed by atoms with Crippen molar-refractivity contribution in [2.45, 2.75) is 80.6 Å². The molecule has 0 N–H and O–H groups in total. The zero-order valence-corrected chi connectivity index (χ0v) is 17.6. The van der Waals surface area contributed by atoms with Gasteiger partial charge in [-0.1, -0.05) is 60.6 Å². The molecule has 0 aliphatic carbocycles. The van der Waals surface area contributed by atoms with Crippen molar-refractivity contribution in [2.75, 3.05) is 14.2 Å². The van der Waals surface area contributed by atoms with E-state index < -0.39 is 0 Å². The topological polar surface area (TPSA) is 29.5 Å². The zero-order chi connectivity index (χ0) is 19.0. The molecular weight excluding hydrogens is 298 g/mol. The fourth-order valence-corrected chi connectivity index (χ4v) is 3.64. The summed E-state index contributed by atoms with van der Waals surface area (Å²) in [7, 11) is 3.20. The summed E-state index contributed by atoms with van der Waals surface area (Å²) in [6.07, 6.45) is 9.70. The van der Waals surface area contributed by atoms with Crippen LogP contribution in [0.5, 0.6) is 0 Å². The Morgan fingerprint density at radius 1 is 1.04 bits per heavy atom. The van der Waals surface area contributed by atoms with Gasteiger partial charge in [0.15, 0.2) is 0 Å². The van der Waals surface area contributed by atoms with Gasteiger partial charge in [0, 0.05) is 13.5 Å². The van der Waals surface area contributed by atoms with Crippen LogP contribution in [0.1, 0.15) is 80.6 Å². The minimum Gasteiger partial charge on any atom is -0.275 e. The van der Waals surface area contributed by atoms with Crippen LogP contribution in [0, 0.1) is 22.7 Å². The van der Waals surface area contributed by atoms with Crippen molar-refractivity contribution in [2.24, 2.45) is 22.7 Å². The molecule has 3 heteroatoms. The molecule has 0 aliphatic rings. The van der Waals surface area contributed by atoms with Gasteiger partial charge in [-0.05, 0) is 48.3 Å². The van der Waals surface area contributed by atoms with Crippen molar-refractivity contribution >= 4 is 5.91 Å². The number of nitrogens with zero attached hydrogens (tertiary/aromatic N) is 1. The van der Waals surface area contributed by atoms with Crippen LogP contribution in [0.3, 0.4) is 0 Å². The van der Waals surface area contributed by atoms with E-state index in [9.17, 15) is 4.79 Å². The molecule has 0 aromatic rings. The summed E-state index contributed by atoms with van der Waals surface area (Å²) in [6, 6.07) is 0. The smallest absolute Gasteiger partial charge is 0.246 e. The molecule has 0 fully saturated rings. The summed E-state index contributed by atoms with van der Waals surface area (Å²) in [5.41, 5.74) is 0.373. The largest absolute Gasteiger partial charge is 0.275 e. The van der Waals surface area contributed by atoms with E-state index in [0.717, 1.165) is 25.2 Å². The Balaban J connectivity index is 4.31. The summed E-state index contributed by atoms with van der Waals surface area (Å²) >= 11 is 0. The molecule has 0 heterocycles. The van der Waals surface area contributed by atoms with E-state index in [1.54, 1.807) is 7.05 Å². The van der Waals surface area contributed by atoms with Gasteiger partial charge in [-0.3, -0.25) is 9.63 Å². The summed E-state index contributed by atoms with van der Waals surface area (Å²) in [4.78, 5) is 17.0. The first-order valence-corrected chi connectivity index (χ1v) is 9.34. The maximum absolute atomic E-state index is 12.0. The third kappa shape index (κ3) is 10.9. The van der Waals surface area contributed by atoms with Gasteiger partial charge in [0.25, 0.3) is 0 Å². The molecule has 1 unspecified atom stereocenters. The van der Waals surface area contributed by atoms with E-state index >= 15 is 0 Å². The van der Waals surface area contributed by atoms with Gasteiger partial charge in [-0.2, -0.15) is 0 Å². The van der Waals surface area contributed by atoms with E-state index in [1.807, 2.05) is 0 Å². The highest BCUT2D eigenvalue weighted by Gasteiger charge is 2.26. The predicted octanol–water partition coefficient (Wildman–Crippen LogP) is 5.86. The Morgan fingerprint density at radius 2 is 1.62 bits per heavy atom. The Kier molecular flexibility index (Phi) is 9.87. The summed E-state index contributed by atoms with van der Waals surface area (Å²) in [5.74, 6) is 1.36. The van der Waals surface area contributed by atoms with Crippen LogP contribution in [-0.2, 0) is 9.63 Å². The van der Waals surface area contributed by atoms with Gasteiger partial charge in [0.1, 0.15) is 0 Å². The summed E-state index contributed by atoms with van der Waals surface area (Å²) in [5, 5.41) is 1.32. The second kappa shape index (κ2) is 10.2. The number of carbonyl (C=O) groups excluding carboxylic acids is 1. The summed E-state index contributed by atoms with van der Waals surface area (Å²) < 4.78 is 0. The molecule has 0 bridgehead atoms. The van der Waals surface area contributed by atoms with Crippen LogP contribution in [-0.4, -0.2) is 25.1 Å². The number of allylic oxidation sites excluding steroid dienone is 2.